The van der Waals surface area contributed by atoms with E-state index in [1.54, 1.807) is 16.8 Å². The number of Topliss-reactive ketones (excluding diaryl/α,β-unsaturated/α-hetero) is 1. The van der Waals surface area contributed by atoms with Gasteiger partial charge in [-0.05, 0) is 48.1 Å². The summed E-state index contributed by atoms with van der Waals surface area (Å²) in [5.41, 5.74) is 3.77. The van der Waals surface area contributed by atoms with Crippen molar-refractivity contribution in [2.75, 3.05) is 0 Å². The average Bonchev–Trinajstić information content (AvgIpc) is 3.26. The van der Waals surface area contributed by atoms with Gasteiger partial charge in [0.05, 0.1) is 12.5 Å². The fourth-order valence-corrected chi connectivity index (χ4v) is 3.92. The van der Waals surface area contributed by atoms with Crippen LogP contribution in [-0.4, -0.2) is 33.4 Å². The van der Waals surface area contributed by atoms with Crippen LogP contribution in [0.5, 0.6) is 0 Å². The number of carbonyl (C=O) groups excluding carboxylic acids is 2. The van der Waals surface area contributed by atoms with E-state index in [1.807, 2.05) is 74.5 Å². The quantitative estimate of drug-likeness (QED) is 0.461. The molecule has 2 N–H and O–H groups in total. The summed E-state index contributed by atoms with van der Waals surface area (Å²) in [6.07, 6.45) is 1.82. The Morgan fingerprint density at radius 2 is 1.48 bits per heavy atom. The molecule has 172 valence electrons. The Hall–Kier alpha value is -3.67. The van der Waals surface area contributed by atoms with E-state index in [0.717, 1.165) is 22.4 Å². The minimum Gasteiger partial charge on any atom is -0.481 e. The lowest BCUT2D eigenvalue weighted by atomic mass is 10.00. The topological polar surface area (TPSA) is 88.4 Å². The van der Waals surface area contributed by atoms with E-state index in [9.17, 15) is 19.5 Å². The highest BCUT2D eigenvalue weighted by Gasteiger charge is 2.28. The molecule has 0 bridgehead atoms. The Kier molecular flexibility index (Phi) is 7.83. The lowest BCUT2D eigenvalue weighted by Crippen LogP contribution is -2.44. The molecule has 6 nitrogen and oxygen atoms in total. The number of hydrogen-bond donors (Lipinski definition) is 2. The third kappa shape index (κ3) is 6.19. The molecule has 6 heteroatoms. The molecule has 0 radical (unpaired) electrons. The van der Waals surface area contributed by atoms with Crippen molar-refractivity contribution >= 4 is 17.7 Å². The highest BCUT2D eigenvalue weighted by atomic mass is 16.4. The third-order valence-electron chi connectivity index (χ3n) is 5.59. The smallest absolute Gasteiger partial charge is 0.306 e. The molecule has 0 saturated heterocycles. The van der Waals surface area contributed by atoms with Crippen LogP contribution < -0.4 is 5.32 Å². The van der Waals surface area contributed by atoms with Crippen LogP contribution in [0.4, 0.5) is 0 Å². The largest absolute Gasteiger partial charge is 0.481 e. The molecule has 0 spiro atoms. The van der Waals surface area contributed by atoms with Crippen LogP contribution in [0.25, 0.3) is 22.4 Å². The Morgan fingerprint density at radius 3 is 2.06 bits per heavy atom. The summed E-state index contributed by atoms with van der Waals surface area (Å²) in [7, 11) is 0. The molecule has 1 amide bonds. The molecule has 2 unspecified atom stereocenters. The van der Waals surface area contributed by atoms with Crippen molar-refractivity contribution in [1.29, 1.82) is 0 Å². The fraction of sp³-hybridized carbons (Fsp3) is 0.296. The van der Waals surface area contributed by atoms with Gasteiger partial charge >= 0.3 is 5.97 Å². The molecular weight excluding hydrogens is 416 g/mol. The van der Waals surface area contributed by atoms with E-state index in [-0.39, 0.29) is 18.1 Å². The number of ketones is 1. The molecule has 33 heavy (non-hydrogen) atoms. The Morgan fingerprint density at radius 1 is 0.879 bits per heavy atom. The number of carboxylic acids is 1. The van der Waals surface area contributed by atoms with Crippen molar-refractivity contribution in [2.24, 2.45) is 5.92 Å². The number of amides is 1. The molecule has 0 saturated carbocycles. The Labute approximate surface area is 194 Å². The van der Waals surface area contributed by atoms with Gasteiger partial charge in [-0.2, -0.15) is 0 Å². The molecule has 1 heterocycles. The van der Waals surface area contributed by atoms with Crippen LogP contribution in [0, 0.1) is 5.92 Å². The van der Waals surface area contributed by atoms with E-state index in [1.165, 1.54) is 6.92 Å². The standard InChI is InChI=1S/C27H30N2O4/c1-18(2)16-23(19(3)30)28-27(33)25(17-26(31)32)29-15-7-10-24(29)22-13-11-21(12-14-22)20-8-5-4-6-9-20/h4-15,18,23,25H,16-17H2,1-3H3,(H,28,33)(H,31,32). The number of aromatic nitrogens is 1. The number of carbonyl (C=O) groups is 3. The second kappa shape index (κ2) is 10.8. The lowest BCUT2D eigenvalue weighted by Gasteiger charge is -2.24. The Bertz CT molecular complexity index is 1100. The maximum atomic E-state index is 13.1. The number of aliphatic carboxylic acids is 1. The van der Waals surface area contributed by atoms with Gasteiger partial charge in [-0.3, -0.25) is 14.4 Å². The first-order valence-electron chi connectivity index (χ1n) is 11.1. The lowest BCUT2D eigenvalue weighted by molar-refractivity contribution is -0.141. The predicted molar refractivity (Wildman–Crippen MR) is 129 cm³/mol. The van der Waals surface area contributed by atoms with Gasteiger partial charge in [0.1, 0.15) is 6.04 Å². The molecule has 2 aromatic carbocycles. The number of rotatable bonds is 10. The van der Waals surface area contributed by atoms with Crippen molar-refractivity contribution in [3.05, 3.63) is 72.9 Å². The van der Waals surface area contributed by atoms with Crippen LogP contribution >= 0.6 is 0 Å². The molecule has 3 rings (SSSR count). The van der Waals surface area contributed by atoms with Crippen LogP contribution in [0.15, 0.2) is 72.9 Å². The maximum absolute atomic E-state index is 13.1. The number of hydrogen-bond acceptors (Lipinski definition) is 3. The van der Waals surface area contributed by atoms with E-state index < -0.39 is 24.0 Å². The molecule has 0 aliphatic heterocycles. The summed E-state index contributed by atoms with van der Waals surface area (Å²) < 4.78 is 1.67. The zero-order valence-electron chi connectivity index (χ0n) is 19.2. The fourth-order valence-electron chi connectivity index (χ4n) is 3.92. The van der Waals surface area contributed by atoms with Crippen molar-refractivity contribution < 1.29 is 19.5 Å². The minimum absolute atomic E-state index is 0.143. The minimum atomic E-state index is -1.09. The van der Waals surface area contributed by atoms with Crippen LogP contribution in [0.2, 0.25) is 0 Å². The predicted octanol–water partition coefficient (Wildman–Crippen LogP) is 4.96. The second-order valence-electron chi connectivity index (χ2n) is 8.66. The summed E-state index contributed by atoms with van der Waals surface area (Å²) >= 11 is 0. The summed E-state index contributed by atoms with van der Waals surface area (Å²) in [5, 5.41) is 12.3. The third-order valence-corrected chi connectivity index (χ3v) is 5.59. The van der Waals surface area contributed by atoms with Gasteiger partial charge in [-0.1, -0.05) is 68.4 Å². The number of nitrogens with one attached hydrogen (secondary N) is 1. The molecule has 1 aromatic heterocycles. The highest BCUT2D eigenvalue weighted by molar-refractivity contribution is 5.91. The van der Waals surface area contributed by atoms with Crippen LogP contribution in [0.1, 0.15) is 39.7 Å². The van der Waals surface area contributed by atoms with Crippen LogP contribution in [-0.2, 0) is 14.4 Å². The first-order valence-corrected chi connectivity index (χ1v) is 11.1. The van der Waals surface area contributed by atoms with Gasteiger partial charge in [-0.15, -0.1) is 0 Å². The van der Waals surface area contributed by atoms with Gasteiger partial charge < -0.3 is 15.0 Å². The van der Waals surface area contributed by atoms with Crippen molar-refractivity contribution in [2.45, 2.75) is 45.7 Å². The number of carboxylic acid groups (broad SMARTS) is 1. The first kappa shape index (κ1) is 24.0. The molecular formula is C27H30N2O4. The van der Waals surface area contributed by atoms with Crippen molar-refractivity contribution in [3.8, 4) is 22.4 Å². The van der Waals surface area contributed by atoms with E-state index in [0.29, 0.717) is 6.42 Å². The average molecular weight is 447 g/mol. The summed E-state index contributed by atoms with van der Waals surface area (Å²) in [6, 6.07) is 20.0. The molecule has 2 atom stereocenters. The van der Waals surface area contributed by atoms with Gasteiger partial charge in [0.25, 0.3) is 0 Å². The monoisotopic (exact) mass is 446 g/mol. The molecule has 0 aliphatic rings. The van der Waals surface area contributed by atoms with E-state index in [4.69, 9.17) is 0 Å². The molecule has 0 aliphatic carbocycles. The van der Waals surface area contributed by atoms with E-state index >= 15 is 0 Å². The highest BCUT2D eigenvalue weighted by Crippen LogP contribution is 2.28. The molecule has 0 fully saturated rings. The molecule has 3 aromatic rings. The zero-order chi connectivity index (χ0) is 24.0. The van der Waals surface area contributed by atoms with Crippen LogP contribution in [0.3, 0.4) is 0 Å². The number of nitrogens with zero attached hydrogens (tertiary/aromatic N) is 1. The summed E-state index contributed by atoms with van der Waals surface area (Å²) in [4.78, 5) is 36.8. The van der Waals surface area contributed by atoms with Crippen molar-refractivity contribution in [1.82, 2.24) is 9.88 Å². The normalized spacial score (nSPS) is 12.8. The summed E-state index contributed by atoms with van der Waals surface area (Å²) in [5.74, 6) is -1.49. The number of benzene rings is 2. The zero-order valence-corrected chi connectivity index (χ0v) is 19.2. The Balaban J connectivity index is 1.90. The van der Waals surface area contributed by atoms with Gasteiger partial charge in [0, 0.05) is 11.9 Å². The SMILES string of the molecule is CC(=O)C(CC(C)C)NC(=O)C(CC(=O)O)n1cccc1-c1ccc(-c2ccccc2)cc1. The van der Waals surface area contributed by atoms with Crippen molar-refractivity contribution in [3.63, 3.8) is 0 Å². The summed E-state index contributed by atoms with van der Waals surface area (Å²) in [6.45, 7) is 5.38. The van der Waals surface area contributed by atoms with Gasteiger partial charge in [-0.25, -0.2) is 0 Å². The van der Waals surface area contributed by atoms with Gasteiger partial charge in [0.15, 0.2) is 5.78 Å². The second-order valence-corrected chi connectivity index (χ2v) is 8.66. The first-order chi connectivity index (χ1) is 15.8. The van der Waals surface area contributed by atoms with E-state index in [2.05, 4.69) is 5.32 Å². The van der Waals surface area contributed by atoms with Gasteiger partial charge in [0.2, 0.25) is 5.91 Å². The maximum Gasteiger partial charge on any atom is 0.306 e.